The summed E-state index contributed by atoms with van der Waals surface area (Å²) >= 11 is 0. The highest BCUT2D eigenvalue weighted by Gasteiger charge is 2.30. The van der Waals surface area contributed by atoms with Gasteiger partial charge in [0.05, 0.1) is 23.1 Å². The van der Waals surface area contributed by atoms with E-state index in [9.17, 15) is 0 Å². The summed E-state index contributed by atoms with van der Waals surface area (Å²) in [5.41, 5.74) is 10.5. The Bertz CT molecular complexity index is 1810. The second kappa shape index (κ2) is 9.74. The van der Waals surface area contributed by atoms with Gasteiger partial charge in [-0.1, -0.05) is 133 Å². The van der Waals surface area contributed by atoms with Gasteiger partial charge in [-0.15, -0.1) is 0 Å². The Morgan fingerprint density at radius 1 is 0.513 bits per heavy atom. The average Bonchev–Trinajstić information content (AvgIpc) is 3.01. The van der Waals surface area contributed by atoms with E-state index in [2.05, 4.69) is 158 Å². The van der Waals surface area contributed by atoms with Crippen molar-refractivity contribution < 1.29 is 0 Å². The van der Waals surface area contributed by atoms with Gasteiger partial charge in [0.15, 0.2) is 0 Å². The highest BCUT2D eigenvalue weighted by atomic mass is 15.2. The van der Waals surface area contributed by atoms with Crippen molar-refractivity contribution in [3.8, 4) is 22.3 Å². The van der Waals surface area contributed by atoms with Crippen LogP contribution in [0.4, 0.5) is 11.4 Å². The minimum atomic E-state index is 0.0218. The number of anilines is 1. The fraction of sp³-hybridized carbons (Fsp3) is 0.0541. The summed E-state index contributed by atoms with van der Waals surface area (Å²) in [6, 6.07) is 51.8. The highest BCUT2D eigenvalue weighted by molar-refractivity contribution is 6.11. The molecule has 0 bridgehead atoms. The predicted octanol–water partition coefficient (Wildman–Crippen LogP) is 9.49. The van der Waals surface area contributed by atoms with Crippen LogP contribution < -0.4 is 4.90 Å². The molecule has 2 nitrogen and oxygen atoms in total. The number of hydrogen-bond donors (Lipinski definition) is 0. The molecule has 186 valence electrons. The lowest BCUT2D eigenvalue weighted by Crippen LogP contribution is -2.34. The molecule has 0 saturated carbocycles. The maximum atomic E-state index is 5.25. The van der Waals surface area contributed by atoms with E-state index in [0.29, 0.717) is 0 Å². The molecule has 0 aliphatic carbocycles. The lowest BCUT2D eigenvalue weighted by Gasteiger charge is -2.36. The molecule has 0 radical (unpaired) electrons. The molecular weight excluding hydrogens is 472 g/mol. The van der Waals surface area contributed by atoms with Gasteiger partial charge in [0.2, 0.25) is 0 Å². The fourth-order valence-corrected chi connectivity index (χ4v) is 5.85. The standard InChI is InChI=1S/C37H28N2/c1-39-35-25-29(31-23-22-30(26-13-5-2-6-14-26)32-19-11-12-20-33(31)32)21-24-34(35)38-36(27-15-7-3-8-16-27)37(39)28-17-9-4-10-18-28/h2-25,37H,1H3. The Kier molecular flexibility index (Phi) is 5.79. The SMILES string of the molecule is CN1c2cc(-c3ccc(-c4ccccc4)c4ccccc34)ccc2N=C(c2ccccc2)C1c1ccccc1. The molecule has 2 heteroatoms. The smallest absolute Gasteiger partial charge is 0.0970 e. The molecule has 7 rings (SSSR count). The predicted molar refractivity (Wildman–Crippen MR) is 165 cm³/mol. The molecule has 1 atom stereocenters. The number of nitrogens with zero attached hydrogens (tertiary/aromatic N) is 2. The van der Waals surface area contributed by atoms with E-state index in [1.54, 1.807) is 0 Å². The number of rotatable bonds is 4. The van der Waals surface area contributed by atoms with Gasteiger partial charge in [-0.2, -0.15) is 0 Å². The Balaban J connectivity index is 1.39. The first-order valence-corrected chi connectivity index (χ1v) is 13.4. The number of hydrogen-bond acceptors (Lipinski definition) is 2. The van der Waals surface area contributed by atoms with Gasteiger partial charge in [-0.25, -0.2) is 4.99 Å². The van der Waals surface area contributed by atoms with Crippen molar-refractivity contribution >= 4 is 27.9 Å². The van der Waals surface area contributed by atoms with Gasteiger partial charge < -0.3 is 4.90 Å². The Hall–Kier alpha value is -4.95. The van der Waals surface area contributed by atoms with Gasteiger partial charge in [-0.05, 0) is 56.3 Å². The summed E-state index contributed by atoms with van der Waals surface area (Å²) in [4.78, 5) is 7.63. The molecule has 1 aliphatic heterocycles. The zero-order valence-electron chi connectivity index (χ0n) is 21.8. The Labute approximate surface area is 229 Å². The molecule has 0 amide bonds. The van der Waals surface area contributed by atoms with Gasteiger partial charge in [-0.3, -0.25) is 0 Å². The lowest BCUT2D eigenvalue weighted by molar-refractivity contribution is 0.836. The van der Waals surface area contributed by atoms with Crippen LogP contribution >= 0.6 is 0 Å². The van der Waals surface area contributed by atoms with E-state index in [-0.39, 0.29) is 6.04 Å². The minimum Gasteiger partial charge on any atom is -0.360 e. The number of benzene rings is 6. The zero-order valence-corrected chi connectivity index (χ0v) is 21.8. The van der Waals surface area contributed by atoms with Crippen molar-refractivity contribution in [3.05, 3.63) is 157 Å². The molecule has 0 aromatic heterocycles. The van der Waals surface area contributed by atoms with Crippen LogP contribution in [0.25, 0.3) is 33.0 Å². The van der Waals surface area contributed by atoms with E-state index in [4.69, 9.17) is 4.99 Å². The van der Waals surface area contributed by atoms with Crippen LogP contribution in [0.2, 0.25) is 0 Å². The van der Waals surface area contributed by atoms with E-state index in [1.807, 2.05) is 0 Å². The maximum absolute atomic E-state index is 5.25. The van der Waals surface area contributed by atoms with Crippen molar-refractivity contribution in [1.29, 1.82) is 0 Å². The van der Waals surface area contributed by atoms with E-state index in [1.165, 1.54) is 38.6 Å². The van der Waals surface area contributed by atoms with Crippen molar-refractivity contribution in [2.24, 2.45) is 4.99 Å². The van der Waals surface area contributed by atoms with Crippen LogP contribution in [0.3, 0.4) is 0 Å². The highest BCUT2D eigenvalue weighted by Crippen LogP contribution is 2.44. The van der Waals surface area contributed by atoms with E-state index >= 15 is 0 Å². The molecule has 0 fully saturated rings. The van der Waals surface area contributed by atoms with Crippen molar-refractivity contribution in [3.63, 3.8) is 0 Å². The molecule has 39 heavy (non-hydrogen) atoms. The second-order valence-corrected chi connectivity index (χ2v) is 10.1. The number of fused-ring (bicyclic) bond motifs is 2. The summed E-state index contributed by atoms with van der Waals surface area (Å²) < 4.78 is 0. The molecule has 0 N–H and O–H groups in total. The molecule has 1 unspecified atom stereocenters. The van der Waals surface area contributed by atoms with Gasteiger partial charge in [0, 0.05) is 7.05 Å². The largest absolute Gasteiger partial charge is 0.360 e. The first-order chi connectivity index (χ1) is 19.3. The van der Waals surface area contributed by atoms with Crippen LogP contribution in [0, 0.1) is 0 Å². The molecule has 0 saturated heterocycles. The summed E-state index contributed by atoms with van der Waals surface area (Å²) in [6.07, 6.45) is 0. The van der Waals surface area contributed by atoms with Gasteiger partial charge in [0.1, 0.15) is 0 Å². The van der Waals surface area contributed by atoms with Crippen LogP contribution in [0.1, 0.15) is 17.2 Å². The van der Waals surface area contributed by atoms with Crippen molar-refractivity contribution in [2.45, 2.75) is 6.04 Å². The van der Waals surface area contributed by atoms with Crippen molar-refractivity contribution in [2.75, 3.05) is 11.9 Å². The summed E-state index contributed by atoms with van der Waals surface area (Å²) in [7, 11) is 2.19. The van der Waals surface area contributed by atoms with Crippen LogP contribution in [-0.4, -0.2) is 12.8 Å². The Morgan fingerprint density at radius 2 is 1.05 bits per heavy atom. The number of aliphatic imine (C=N–C) groups is 1. The third-order valence-corrected chi connectivity index (χ3v) is 7.75. The molecule has 1 aliphatic rings. The molecule has 6 aromatic carbocycles. The third-order valence-electron chi connectivity index (χ3n) is 7.75. The third kappa shape index (κ3) is 4.11. The summed E-state index contributed by atoms with van der Waals surface area (Å²) in [6.45, 7) is 0. The molecule has 0 spiro atoms. The molecule has 6 aromatic rings. The first-order valence-electron chi connectivity index (χ1n) is 13.4. The monoisotopic (exact) mass is 500 g/mol. The van der Waals surface area contributed by atoms with E-state index < -0.39 is 0 Å². The summed E-state index contributed by atoms with van der Waals surface area (Å²) in [5.74, 6) is 0. The quantitative estimate of drug-likeness (QED) is 0.235. The average molecular weight is 501 g/mol. The van der Waals surface area contributed by atoms with Crippen molar-refractivity contribution in [1.82, 2.24) is 0 Å². The van der Waals surface area contributed by atoms with Gasteiger partial charge >= 0.3 is 0 Å². The lowest BCUT2D eigenvalue weighted by atomic mass is 9.90. The second-order valence-electron chi connectivity index (χ2n) is 10.1. The fourth-order valence-electron chi connectivity index (χ4n) is 5.85. The first kappa shape index (κ1) is 23.2. The molecule has 1 heterocycles. The number of likely N-dealkylation sites (N-methyl/N-ethyl adjacent to an activating group) is 1. The topological polar surface area (TPSA) is 15.6 Å². The van der Waals surface area contributed by atoms with Crippen LogP contribution in [-0.2, 0) is 0 Å². The normalized spacial score (nSPS) is 14.6. The Morgan fingerprint density at radius 3 is 1.69 bits per heavy atom. The zero-order chi connectivity index (χ0) is 26.2. The summed E-state index contributed by atoms with van der Waals surface area (Å²) in [5, 5.41) is 2.52. The minimum absolute atomic E-state index is 0.0218. The van der Waals surface area contributed by atoms with E-state index in [0.717, 1.165) is 22.6 Å². The van der Waals surface area contributed by atoms with Crippen LogP contribution in [0.5, 0.6) is 0 Å². The molecular formula is C37H28N2. The maximum Gasteiger partial charge on any atom is 0.0970 e. The van der Waals surface area contributed by atoms with Gasteiger partial charge in [0.25, 0.3) is 0 Å². The van der Waals surface area contributed by atoms with Crippen LogP contribution in [0.15, 0.2) is 151 Å².